The highest BCUT2D eigenvalue weighted by atomic mass is 16.1. The van der Waals surface area contributed by atoms with Gasteiger partial charge in [0.2, 0.25) is 5.91 Å². The predicted molar refractivity (Wildman–Crippen MR) is 48.8 cm³/mol. The Morgan fingerprint density at radius 1 is 1.62 bits per heavy atom. The third-order valence-electron chi connectivity index (χ3n) is 1.60. The van der Waals surface area contributed by atoms with Gasteiger partial charge < -0.3 is 5.73 Å². The van der Waals surface area contributed by atoms with E-state index in [-0.39, 0.29) is 6.42 Å². The van der Waals surface area contributed by atoms with E-state index < -0.39 is 5.91 Å². The topological polar surface area (TPSA) is 71.8 Å². The van der Waals surface area contributed by atoms with Crippen molar-refractivity contribution in [3.63, 3.8) is 0 Å². The number of carbonyl (C=O) groups is 1. The number of hydrogen-bond acceptors (Lipinski definition) is 2. The molecule has 0 bridgehead atoms. The number of aromatic nitrogens is 2. The fourth-order valence-electron chi connectivity index (χ4n) is 0.955. The molecular formula is C9H11N3O. The summed E-state index contributed by atoms with van der Waals surface area (Å²) in [7, 11) is 0. The van der Waals surface area contributed by atoms with Crippen molar-refractivity contribution in [3.8, 4) is 11.8 Å². The van der Waals surface area contributed by atoms with Gasteiger partial charge in [-0.15, -0.1) is 0 Å². The van der Waals surface area contributed by atoms with Crippen molar-refractivity contribution in [1.29, 1.82) is 0 Å². The zero-order valence-corrected chi connectivity index (χ0v) is 7.64. The molecule has 0 aliphatic rings. The molecule has 0 saturated carbocycles. The standard InChI is InChI=1S/C9H11N3O/c1-6-8(7(2)12-11-6)4-3-5-9(10)13/h5H2,1-2H3,(H2,10,13)(H,11,12). The Morgan fingerprint density at radius 2 is 2.31 bits per heavy atom. The maximum absolute atomic E-state index is 10.4. The highest BCUT2D eigenvalue weighted by Crippen LogP contribution is 2.06. The van der Waals surface area contributed by atoms with Crippen molar-refractivity contribution in [2.75, 3.05) is 0 Å². The molecule has 68 valence electrons. The number of hydrogen-bond donors (Lipinski definition) is 2. The number of H-pyrrole nitrogens is 1. The molecule has 0 unspecified atom stereocenters. The lowest BCUT2D eigenvalue weighted by atomic mass is 10.2. The zero-order valence-electron chi connectivity index (χ0n) is 7.64. The maximum Gasteiger partial charge on any atom is 0.229 e. The molecule has 1 amide bonds. The van der Waals surface area contributed by atoms with E-state index in [1.807, 2.05) is 13.8 Å². The smallest absolute Gasteiger partial charge is 0.229 e. The third-order valence-corrected chi connectivity index (χ3v) is 1.60. The summed E-state index contributed by atoms with van der Waals surface area (Å²) < 4.78 is 0. The van der Waals surface area contributed by atoms with E-state index >= 15 is 0 Å². The minimum absolute atomic E-state index is 0.0874. The van der Waals surface area contributed by atoms with Crippen molar-refractivity contribution in [2.45, 2.75) is 20.3 Å². The average Bonchev–Trinajstić information content (AvgIpc) is 2.34. The van der Waals surface area contributed by atoms with Crippen LogP contribution in [0.25, 0.3) is 0 Å². The molecular weight excluding hydrogens is 166 g/mol. The monoisotopic (exact) mass is 177 g/mol. The number of carbonyl (C=O) groups excluding carboxylic acids is 1. The fourth-order valence-corrected chi connectivity index (χ4v) is 0.955. The van der Waals surface area contributed by atoms with Gasteiger partial charge in [-0.05, 0) is 13.8 Å². The van der Waals surface area contributed by atoms with Gasteiger partial charge in [0.05, 0.1) is 17.7 Å². The molecule has 0 aromatic carbocycles. The number of aromatic amines is 1. The van der Waals surface area contributed by atoms with Crippen LogP contribution in [0, 0.1) is 25.7 Å². The van der Waals surface area contributed by atoms with Crippen LogP contribution >= 0.6 is 0 Å². The Kier molecular flexibility index (Phi) is 2.70. The molecule has 0 fully saturated rings. The van der Waals surface area contributed by atoms with E-state index in [0.29, 0.717) is 0 Å². The van der Waals surface area contributed by atoms with Crippen molar-refractivity contribution in [2.24, 2.45) is 5.73 Å². The molecule has 0 radical (unpaired) electrons. The van der Waals surface area contributed by atoms with Gasteiger partial charge >= 0.3 is 0 Å². The Balaban J connectivity index is 2.82. The second kappa shape index (κ2) is 3.76. The number of nitrogens with one attached hydrogen (secondary N) is 1. The normalized spacial score (nSPS) is 9.08. The van der Waals surface area contributed by atoms with Crippen LogP contribution in [0.3, 0.4) is 0 Å². The molecule has 0 aliphatic carbocycles. The summed E-state index contributed by atoms with van der Waals surface area (Å²) in [4.78, 5) is 10.4. The van der Waals surface area contributed by atoms with Gasteiger partial charge in [0.15, 0.2) is 0 Å². The highest BCUT2D eigenvalue weighted by molar-refractivity contribution is 5.76. The third kappa shape index (κ3) is 2.34. The van der Waals surface area contributed by atoms with E-state index in [1.54, 1.807) is 0 Å². The fraction of sp³-hybridized carbons (Fsp3) is 0.333. The second-order valence-corrected chi connectivity index (χ2v) is 2.75. The lowest BCUT2D eigenvalue weighted by molar-refractivity contribution is -0.117. The summed E-state index contributed by atoms with van der Waals surface area (Å²) in [6.07, 6.45) is 0.0874. The summed E-state index contributed by atoms with van der Waals surface area (Å²) in [5, 5.41) is 6.78. The van der Waals surface area contributed by atoms with E-state index in [2.05, 4.69) is 22.0 Å². The number of aryl methyl sites for hydroxylation is 2. The van der Waals surface area contributed by atoms with E-state index in [1.165, 1.54) is 0 Å². The van der Waals surface area contributed by atoms with Crippen molar-refractivity contribution < 1.29 is 4.79 Å². The summed E-state index contributed by atoms with van der Waals surface area (Å²) in [6.45, 7) is 3.74. The van der Waals surface area contributed by atoms with Crippen LogP contribution < -0.4 is 5.73 Å². The summed E-state index contributed by atoms with van der Waals surface area (Å²) in [5.74, 6) is 5.12. The number of nitrogens with zero attached hydrogens (tertiary/aromatic N) is 1. The highest BCUT2D eigenvalue weighted by Gasteiger charge is 2.01. The van der Waals surface area contributed by atoms with E-state index in [0.717, 1.165) is 17.0 Å². The van der Waals surface area contributed by atoms with Crippen LogP contribution in [0.5, 0.6) is 0 Å². The Hall–Kier alpha value is -1.76. The van der Waals surface area contributed by atoms with Gasteiger partial charge in [-0.3, -0.25) is 9.89 Å². The molecule has 1 aromatic rings. The summed E-state index contributed by atoms with van der Waals surface area (Å²) >= 11 is 0. The first-order valence-electron chi connectivity index (χ1n) is 3.90. The van der Waals surface area contributed by atoms with Gasteiger partial charge in [-0.1, -0.05) is 11.8 Å². The van der Waals surface area contributed by atoms with Crippen molar-refractivity contribution in [3.05, 3.63) is 17.0 Å². The molecule has 0 saturated heterocycles. The number of nitrogens with two attached hydrogens (primary N) is 1. The zero-order chi connectivity index (χ0) is 9.84. The van der Waals surface area contributed by atoms with E-state index in [9.17, 15) is 4.79 Å². The molecule has 0 aliphatic heterocycles. The van der Waals surface area contributed by atoms with Gasteiger partial charge in [0.1, 0.15) is 0 Å². The number of rotatable bonds is 1. The lowest BCUT2D eigenvalue weighted by Gasteiger charge is -1.86. The average molecular weight is 177 g/mol. The largest absolute Gasteiger partial charge is 0.369 e. The predicted octanol–water partition coefficient (Wildman–Crippen LogP) is 0.253. The van der Waals surface area contributed by atoms with Crippen molar-refractivity contribution >= 4 is 5.91 Å². The minimum atomic E-state index is -0.411. The van der Waals surface area contributed by atoms with Gasteiger partial charge in [-0.2, -0.15) is 5.10 Å². The first-order chi connectivity index (χ1) is 6.11. The molecule has 4 nitrogen and oxygen atoms in total. The Morgan fingerprint density at radius 3 is 2.77 bits per heavy atom. The Bertz CT molecular complexity index is 362. The summed E-state index contributed by atoms with van der Waals surface area (Å²) in [6, 6.07) is 0. The molecule has 1 heterocycles. The van der Waals surface area contributed by atoms with E-state index in [4.69, 9.17) is 5.73 Å². The Labute approximate surface area is 76.5 Å². The van der Waals surface area contributed by atoms with Crippen LogP contribution in [-0.4, -0.2) is 16.1 Å². The minimum Gasteiger partial charge on any atom is -0.369 e. The van der Waals surface area contributed by atoms with Gasteiger partial charge in [0.25, 0.3) is 0 Å². The molecule has 0 spiro atoms. The second-order valence-electron chi connectivity index (χ2n) is 2.75. The first-order valence-corrected chi connectivity index (χ1v) is 3.90. The van der Waals surface area contributed by atoms with Crippen LogP contribution in [0.1, 0.15) is 23.4 Å². The molecule has 4 heteroatoms. The number of amides is 1. The SMILES string of the molecule is Cc1n[nH]c(C)c1C#CCC(N)=O. The molecule has 0 atom stereocenters. The summed E-state index contributed by atoms with van der Waals surface area (Å²) in [5.41, 5.74) is 7.55. The molecule has 13 heavy (non-hydrogen) atoms. The van der Waals surface area contributed by atoms with Gasteiger partial charge in [-0.25, -0.2) is 0 Å². The lowest BCUT2D eigenvalue weighted by Crippen LogP contribution is -2.08. The van der Waals surface area contributed by atoms with Crippen LogP contribution in [0.4, 0.5) is 0 Å². The van der Waals surface area contributed by atoms with Crippen molar-refractivity contribution in [1.82, 2.24) is 10.2 Å². The van der Waals surface area contributed by atoms with Crippen LogP contribution in [0.15, 0.2) is 0 Å². The quantitative estimate of drug-likeness (QED) is 0.604. The molecule has 1 rings (SSSR count). The van der Waals surface area contributed by atoms with Crippen LogP contribution in [-0.2, 0) is 4.79 Å². The van der Waals surface area contributed by atoms with Gasteiger partial charge in [0, 0.05) is 5.69 Å². The molecule has 3 N–H and O–H groups in total. The first kappa shape index (κ1) is 9.33. The number of primary amides is 1. The molecule has 1 aromatic heterocycles. The maximum atomic E-state index is 10.4. The van der Waals surface area contributed by atoms with Crippen LogP contribution in [0.2, 0.25) is 0 Å².